The third-order valence-electron chi connectivity index (χ3n) is 4.69. The third-order valence-corrected chi connectivity index (χ3v) is 4.69. The lowest BCUT2D eigenvalue weighted by atomic mass is 9.78. The lowest BCUT2D eigenvalue weighted by Crippen LogP contribution is -2.58. The molecule has 0 aromatic heterocycles. The zero-order valence-electron chi connectivity index (χ0n) is 14.4. The van der Waals surface area contributed by atoms with Crippen molar-refractivity contribution in [2.45, 2.75) is 58.3 Å². The number of carbonyl (C=O) groups excluding carboxylic acids is 1. The Kier molecular flexibility index (Phi) is 4.37. The van der Waals surface area contributed by atoms with Gasteiger partial charge >= 0.3 is 6.09 Å². The summed E-state index contributed by atoms with van der Waals surface area (Å²) in [4.78, 5) is 13.9. The second-order valence-corrected chi connectivity index (χ2v) is 8.00. The molecule has 1 atom stereocenters. The number of benzene rings is 1. The number of rotatable bonds is 3. The summed E-state index contributed by atoms with van der Waals surface area (Å²) in [5.41, 5.74) is 1.06. The van der Waals surface area contributed by atoms with Crippen molar-refractivity contribution in [2.24, 2.45) is 5.41 Å². The molecule has 1 aliphatic carbocycles. The molecule has 1 saturated heterocycles. The molecule has 2 fully saturated rings. The van der Waals surface area contributed by atoms with Gasteiger partial charge < -0.3 is 14.4 Å². The van der Waals surface area contributed by atoms with Crippen molar-refractivity contribution in [1.29, 1.82) is 0 Å². The molecule has 1 amide bonds. The van der Waals surface area contributed by atoms with E-state index in [4.69, 9.17) is 9.47 Å². The molecular weight excluding hydrogens is 290 g/mol. The van der Waals surface area contributed by atoms with Crippen molar-refractivity contribution in [3.63, 3.8) is 0 Å². The van der Waals surface area contributed by atoms with Crippen molar-refractivity contribution in [1.82, 2.24) is 4.90 Å². The summed E-state index contributed by atoms with van der Waals surface area (Å²) in [5.74, 6) is 0. The molecule has 0 N–H and O–H groups in total. The second-order valence-electron chi connectivity index (χ2n) is 8.00. The van der Waals surface area contributed by atoms with Gasteiger partial charge in [-0.3, -0.25) is 0 Å². The topological polar surface area (TPSA) is 38.8 Å². The van der Waals surface area contributed by atoms with Gasteiger partial charge in [-0.05, 0) is 45.6 Å². The molecule has 2 aliphatic rings. The van der Waals surface area contributed by atoms with Crippen LogP contribution < -0.4 is 0 Å². The van der Waals surface area contributed by atoms with Crippen molar-refractivity contribution in [3.8, 4) is 0 Å². The van der Waals surface area contributed by atoms with E-state index < -0.39 is 5.60 Å². The second kappa shape index (κ2) is 6.16. The van der Waals surface area contributed by atoms with Gasteiger partial charge in [0.2, 0.25) is 0 Å². The van der Waals surface area contributed by atoms with E-state index in [1.165, 1.54) is 5.56 Å². The Morgan fingerprint density at radius 3 is 2.61 bits per heavy atom. The van der Waals surface area contributed by atoms with Gasteiger partial charge in [0.05, 0.1) is 12.7 Å². The fourth-order valence-corrected chi connectivity index (χ4v) is 3.59. The molecule has 1 saturated carbocycles. The summed E-state index contributed by atoms with van der Waals surface area (Å²) < 4.78 is 11.5. The highest BCUT2D eigenvalue weighted by atomic mass is 16.6. The molecule has 1 spiro atoms. The van der Waals surface area contributed by atoms with Crippen molar-refractivity contribution in [3.05, 3.63) is 35.9 Å². The Morgan fingerprint density at radius 1 is 1.26 bits per heavy atom. The Labute approximate surface area is 138 Å². The van der Waals surface area contributed by atoms with Crippen molar-refractivity contribution in [2.75, 3.05) is 13.1 Å². The van der Waals surface area contributed by atoms with Crippen LogP contribution in [0, 0.1) is 5.41 Å². The highest BCUT2D eigenvalue weighted by Crippen LogP contribution is 2.47. The quantitative estimate of drug-likeness (QED) is 0.846. The smallest absolute Gasteiger partial charge is 0.410 e. The number of amides is 1. The van der Waals surface area contributed by atoms with Gasteiger partial charge in [-0.15, -0.1) is 0 Å². The average Bonchev–Trinajstić information content (AvgIpc) is 2.87. The number of nitrogens with zero attached hydrogens (tertiary/aromatic N) is 1. The molecule has 4 heteroatoms. The fourth-order valence-electron chi connectivity index (χ4n) is 3.59. The van der Waals surface area contributed by atoms with E-state index in [2.05, 4.69) is 12.1 Å². The minimum absolute atomic E-state index is 0.184. The zero-order chi connectivity index (χ0) is 16.5. The summed E-state index contributed by atoms with van der Waals surface area (Å²) in [5, 5.41) is 0. The predicted molar refractivity (Wildman–Crippen MR) is 89.1 cm³/mol. The molecule has 126 valence electrons. The van der Waals surface area contributed by atoms with Crippen LogP contribution in [-0.4, -0.2) is 35.8 Å². The molecule has 4 nitrogen and oxygen atoms in total. The summed E-state index contributed by atoms with van der Waals surface area (Å²) in [7, 11) is 0. The van der Waals surface area contributed by atoms with Crippen molar-refractivity contribution >= 4 is 6.09 Å². The highest BCUT2D eigenvalue weighted by Gasteiger charge is 2.50. The van der Waals surface area contributed by atoms with Crippen LogP contribution >= 0.6 is 0 Å². The van der Waals surface area contributed by atoms with Crippen LogP contribution in [0.5, 0.6) is 0 Å². The predicted octanol–water partition coefficient (Wildman–Crippen LogP) is 3.99. The van der Waals surface area contributed by atoms with Gasteiger partial charge in [-0.25, -0.2) is 4.79 Å². The van der Waals surface area contributed by atoms with Gasteiger partial charge in [0.25, 0.3) is 0 Å². The minimum Gasteiger partial charge on any atom is -0.444 e. The third kappa shape index (κ3) is 4.05. The van der Waals surface area contributed by atoms with E-state index >= 15 is 0 Å². The van der Waals surface area contributed by atoms with Crippen LogP contribution in [0.25, 0.3) is 0 Å². The number of likely N-dealkylation sites (tertiary alicyclic amines) is 1. The van der Waals surface area contributed by atoms with Gasteiger partial charge in [0, 0.05) is 18.5 Å². The van der Waals surface area contributed by atoms with E-state index in [0.717, 1.165) is 32.4 Å². The number of hydrogen-bond donors (Lipinski definition) is 0. The molecule has 1 aromatic rings. The van der Waals surface area contributed by atoms with Crippen molar-refractivity contribution < 1.29 is 14.3 Å². The lowest BCUT2D eigenvalue weighted by molar-refractivity contribution is -0.0414. The Morgan fingerprint density at radius 2 is 1.96 bits per heavy atom. The van der Waals surface area contributed by atoms with Crippen LogP contribution in [-0.2, 0) is 16.1 Å². The largest absolute Gasteiger partial charge is 0.444 e. The van der Waals surface area contributed by atoms with E-state index in [-0.39, 0.29) is 11.5 Å². The fraction of sp³-hybridized carbons (Fsp3) is 0.632. The molecule has 3 rings (SSSR count). The summed E-state index contributed by atoms with van der Waals surface area (Å²) >= 11 is 0. The molecule has 0 bridgehead atoms. The Hall–Kier alpha value is -1.55. The molecule has 1 aromatic carbocycles. The first-order valence-electron chi connectivity index (χ1n) is 8.49. The maximum absolute atomic E-state index is 12.0. The van der Waals surface area contributed by atoms with E-state index in [0.29, 0.717) is 12.7 Å². The SMILES string of the molecule is CC(C)(C)OC(=O)N1CC2(CC[C@H](OCc3ccccc3)C2)C1. The average molecular weight is 317 g/mol. The number of hydrogen-bond acceptors (Lipinski definition) is 3. The van der Waals surface area contributed by atoms with Crippen LogP contribution in [0.2, 0.25) is 0 Å². The first-order valence-corrected chi connectivity index (χ1v) is 8.49. The van der Waals surface area contributed by atoms with E-state index in [1.807, 2.05) is 43.9 Å². The summed E-state index contributed by atoms with van der Waals surface area (Å²) in [6, 6.07) is 10.3. The summed E-state index contributed by atoms with van der Waals surface area (Å²) in [6.45, 7) is 8.02. The molecule has 0 radical (unpaired) electrons. The maximum atomic E-state index is 12.0. The highest BCUT2D eigenvalue weighted by molar-refractivity contribution is 5.69. The van der Waals surface area contributed by atoms with Crippen LogP contribution in [0.1, 0.15) is 45.6 Å². The maximum Gasteiger partial charge on any atom is 0.410 e. The van der Waals surface area contributed by atoms with Crippen LogP contribution in [0.3, 0.4) is 0 Å². The van der Waals surface area contributed by atoms with E-state index in [1.54, 1.807) is 0 Å². The monoisotopic (exact) mass is 317 g/mol. The summed E-state index contributed by atoms with van der Waals surface area (Å²) in [6.07, 6.45) is 3.42. The molecule has 1 heterocycles. The Bertz CT molecular complexity index is 543. The first-order chi connectivity index (χ1) is 10.9. The van der Waals surface area contributed by atoms with E-state index in [9.17, 15) is 4.79 Å². The minimum atomic E-state index is -0.420. The standard InChI is InChI=1S/C19H27NO3/c1-18(2,3)23-17(21)20-13-19(14-20)10-9-16(11-19)22-12-15-7-5-4-6-8-15/h4-8,16H,9-14H2,1-3H3/t16-/m0/s1. The zero-order valence-corrected chi connectivity index (χ0v) is 14.4. The van der Waals surface area contributed by atoms with Crippen LogP contribution in [0.4, 0.5) is 4.79 Å². The number of carbonyl (C=O) groups is 1. The lowest BCUT2D eigenvalue weighted by Gasteiger charge is -2.48. The molecular formula is C19H27NO3. The van der Waals surface area contributed by atoms with Gasteiger partial charge in [-0.1, -0.05) is 30.3 Å². The van der Waals surface area contributed by atoms with Crippen LogP contribution in [0.15, 0.2) is 30.3 Å². The normalized spacial score (nSPS) is 22.9. The van der Waals surface area contributed by atoms with Gasteiger partial charge in [0.15, 0.2) is 0 Å². The molecule has 23 heavy (non-hydrogen) atoms. The van der Waals surface area contributed by atoms with Gasteiger partial charge in [0.1, 0.15) is 5.60 Å². The first kappa shape index (κ1) is 16.3. The number of ether oxygens (including phenoxy) is 2. The van der Waals surface area contributed by atoms with Gasteiger partial charge in [-0.2, -0.15) is 0 Å². The molecule has 0 unspecified atom stereocenters. The Balaban J connectivity index is 1.43. The molecule has 1 aliphatic heterocycles.